The molecule has 1 aliphatic carbocycles. The van der Waals surface area contributed by atoms with Crippen LogP contribution in [0, 0.1) is 11.3 Å². The van der Waals surface area contributed by atoms with Crippen molar-refractivity contribution in [3.63, 3.8) is 0 Å². The molecule has 0 aromatic heterocycles. The lowest BCUT2D eigenvalue weighted by atomic mass is 9.67. The highest BCUT2D eigenvalue weighted by Crippen LogP contribution is 2.40. The highest BCUT2D eigenvalue weighted by molar-refractivity contribution is 4.85. The van der Waals surface area contributed by atoms with Gasteiger partial charge in [-0.25, -0.2) is 0 Å². The van der Waals surface area contributed by atoms with Crippen molar-refractivity contribution in [2.75, 3.05) is 13.1 Å². The molecule has 0 spiro atoms. The van der Waals surface area contributed by atoms with Gasteiger partial charge in [0.1, 0.15) is 0 Å². The lowest BCUT2D eigenvalue weighted by Gasteiger charge is -2.40. The summed E-state index contributed by atoms with van der Waals surface area (Å²) in [6.45, 7) is 9.25. The van der Waals surface area contributed by atoms with Gasteiger partial charge < -0.3 is 5.32 Å². The minimum absolute atomic E-state index is 0.536. The standard InChI is InChI=1S/C10H21N/c1-4-11-8-10(2,3)9-6-5-7-9/h9,11H,4-8H2,1-3H3. The van der Waals surface area contributed by atoms with Crippen LogP contribution in [0.15, 0.2) is 0 Å². The molecule has 1 nitrogen and oxygen atoms in total. The molecule has 11 heavy (non-hydrogen) atoms. The average molecular weight is 155 g/mol. The summed E-state index contributed by atoms with van der Waals surface area (Å²) >= 11 is 0. The van der Waals surface area contributed by atoms with Crippen LogP contribution in [-0.2, 0) is 0 Å². The van der Waals surface area contributed by atoms with Crippen molar-refractivity contribution in [1.82, 2.24) is 5.32 Å². The van der Waals surface area contributed by atoms with E-state index in [0.717, 1.165) is 12.5 Å². The lowest BCUT2D eigenvalue weighted by Crippen LogP contribution is -2.38. The molecule has 0 unspecified atom stereocenters. The summed E-state index contributed by atoms with van der Waals surface area (Å²) < 4.78 is 0. The van der Waals surface area contributed by atoms with E-state index in [1.807, 2.05) is 0 Å². The SMILES string of the molecule is CCNCC(C)(C)C1CCC1. The molecule has 1 N–H and O–H groups in total. The Labute approximate surface area is 70.6 Å². The summed E-state index contributed by atoms with van der Waals surface area (Å²) in [5, 5.41) is 3.44. The van der Waals surface area contributed by atoms with Crippen molar-refractivity contribution in [3.05, 3.63) is 0 Å². The van der Waals surface area contributed by atoms with Crippen LogP contribution in [0.3, 0.4) is 0 Å². The molecule has 0 radical (unpaired) electrons. The molecular formula is C10H21N. The highest BCUT2D eigenvalue weighted by atomic mass is 14.9. The van der Waals surface area contributed by atoms with Gasteiger partial charge in [0.25, 0.3) is 0 Å². The minimum Gasteiger partial charge on any atom is -0.316 e. The largest absolute Gasteiger partial charge is 0.316 e. The van der Waals surface area contributed by atoms with Crippen LogP contribution < -0.4 is 5.32 Å². The zero-order valence-corrected chi connectivity index (χ0v) is 8.11. The predicted molar refractivity (Wildman–Crippen MR) is 49.7 cm³/mol. The fourth-order valence-electron chi connectivity index (χ4n) is 1.78. The molecule has 1 rings (SSSR count). The second-order valence-electron chi connectivity index (χ2n) is 4.40. The predicted octanol–water partition coefficient (Wildman–Crippen LogP) is 2.42. The van der Waals surface area contributed by atoms with Crippen LogP contribution >= 0.6 is 0 Å². The first-order valence-electron chi connectivity index (χ1n) is 4.87. The summed E-state index contributed by atoms with van der Waals surface area (Å²) in [7, 11) is 0. The lowest BCUT2D eigenvalue weighted by molar-refractivity contribution is 0.120. The van der Waals surface area contributed by atoms with Gasteiger partial charge in [-0.1, -0.05) is 27.2 Å². The molecule has 0 amide bonds. The maximum absolute atomic E-state index is 3.44. The Hall–Kier alpha value is -0.0400. The molecular weight excluding hydrogens is 134 g/mol. The summed E-state index contributed by atoms with van der Waals surface area (Å²) in [5.74, 6) is 0.988. The first-order valence-corrected chi connectivity index (χ1v) is 4.87. The Bertz CT molecular complexity index is 114. The van der Waals surface area contributed by atoms with Gasteiger partial charge >= 0.3 is 0 Å². The van der Waals surface area contributed by atoms with Gasteiger partial charge in [0.2, 0.25) is 0 Å². The van der Waals surface area contributed by atoms with Crippen LogP contribution in [-0.4, -0.2) is 13.1 Å². The van der Waals surface area contributed by atoms with Crippen LogP contribution in [0.2, 0.25) is 0 Å². The first kappa shape index (κ1) is 9.05. The van der Waals surface area contributed by atoms with E-state index in [1.165, 1.54) is 25.8 Å². The molecule has 0 bridgehead atoms. The number of hydrogen-bond acceptors (Lipinski definition) is 1. The van der Waals surface area contributed by atoms with Gasteiger partial charge in [-0.15, -0.1) is 0 Å². The zero-order valence-electron chi connectivity index (χ0n) is 8.11. The van der Waals surface area contributed by atoms with E-state index in [0.29, 0.717) is 5.41 Å². The second kappa shape index (κ2) is 3.57. The zero-order chi connectivity index (χ0) is 8.32. The van der Waals surface area contributed by atoms with Crippen LogP contribution in [0.4, 0.5) is 0 Å². The van der Waals surface area contributed by atoms with Crippen molar-refractivity contribution in [1.29, 1.82) is 0 Å². The van der Waals surface area contributed by atoms with Gasteiger partial charge in [-0.05, 0) is 30.7 Å². The fraction of sp³-hybridized carbons (Fsp3) is 1.00. The molecule has 1 aliphatic rings. The van der Waals surface area contributed by atoms with Gasteiger partial charge in [-0.3, -0.25) is 0 Å². The molecule has 66 valence electrons. The Morgan fingerprint density at radius 3 is 2.36 bits per heavy atom. The maximum atomic E-state index is 3.44. The number of hydrogen-bond donors (Lipinski definition) is 1. The van der Waals surface area contributed by atoms with E-state index in [4.69, 9.17) is 0 Å². The van der Waals surface area contributed by atoms with Gasteiger partial charge in [0, 0.05) is 6.54 Å². The molecule has 0 aromatic rings. The highest BCUT2D eigenvalue weighted by Gasteiger charge is 2.32. The summed E-state index contributed by atoms with van der Waals surface area (Å²) in [5.41, 5.74) is 0.536. The third-order valence-electron chi connectivity index (χ3n) is 3.04. The molecule has 1 fully saturated rings. The molecule has 0 aromatic carbocycles. The first-order chi connectivity index (χ1) is 5.17. The summed E-state index contributed by atoms with van der Waals surface area (Å²) in [6.07, 6.45) is 4.37. The van der Waals surface area contributed by atoms with E-state index in [9.17, 15) is 0 Å². The minimum atomic E-state index is 0.536. The Morgan fingerprint density at radius 2 is 2.00 bits per heavy atom. The molecule has 0 aliphatic heterocycles. The smallest absolute Gasteiger partial charge is 0.000505 e. The van der Waals surface area contributed by atoms with E-state index in [2.05, 4.69) is 26.1 Å². The van der Waals surface area contributed by atoms with E-state index in [-0.39, 0.29) is 0 Å². The molecule has 0 saturated heterocycles. The van der Waals surface area contributed by atoms with Gasteiger partial charge in [-0.2, -0.15) is 0 Å². The maximum Gasteiger partial charge on any atom is 0.000505 e. The Balaban J connectivity index is 2.25. The van der Waals surface area contributed by atoms with Crippen LogP contribution in [0.5, 0.6) is 0 Å². The molecule has 0 atom stereocenters. The molecule has 1 saturated carbocycles. The third-order valence-corrected chi connectivity index (χ3v) is 3.04. The third kappa shape index (κ3) is 2.19. The topological polar surface area (TPSA) is 12.0 Å². The summed E-state index contributed by atoms with van der Waals surface area (Å²) in [6, 6.07) is 0. The van der Waals surface area contributed by atoms with Crippen LogP contribution in [0.1, 0.15) is 40.0 Å². The van der Waals surface area contributed by atoms with Crippen molar-refractivity contribution < 1.29 is 0 Å². The van der Waals surface area contributed by atoms with Crippen molar-refractivity contribution in [2.45, 2.75) is 40.0 Å². The second-order valence-corrected chi connectivity index (χ2v) is 4.40. The monoisotopic (exact) mass is 155 g/mol. The number of nitrogens with one attached hydrogen (secondary N) is 1. The van der Waals surface area contributed by atoms with Crippen molar-refractivity contribution in [3.8, 4) is 0 Å². The van der Waals surface area contributed by atoms with E-state index < -0.39 is 0 Å². The Kier molecular flexibility index (Phi) is 2.94. The normalized spacial score (nSPS) is 19.9. The Morgan fingerprint density at radius 1 is 1.36 bits per heavy atom. The number of rotatable bonds is 4. The van der Waals surface area contributed by atoms with E-state index >= 15 is 0 Å². The fourth-order valence-corrected chi connectivity index (χ4v) is 1.78. The van der Waals surface area contributed by atoms with Gasteiger partial charge in [0.05, 0.1) is 0 Å². The van der Waals surface area contributed by atoms with Crippen molar-refractivity contribution in [2.24, 2.45) is 11.3 Å². The molecule has 1 heteroatoms. The van der Waals surface area contributed by atoms with Crippen LogP contribution in [0.25, 0.3) is 0 Å². The summed E-state index contributed by atoms with van der Waals surface area (Å²) in [4.78, 5) is 0. The average Bonchev–Trinajstić information content (AvgIpc) is 1.78. The molecule has 0 heterocycles. The van der Waals surface area contributed by atoms with Crippen molar-refractivity contribution >= 4 is 0 Å². The van der Waals surface area contributed by atoms with Gasteiger partial charge in [0.15, 0.2) is 0 Å². The van der Waals surface area contributed by atoms with E-state index in [1.54, 1.807) is 0 Å². The quantitative estimate of drug-likeness (QED) is 0.657.